The van der Waals surface area contributed by atoms with Crippen molar-refractivity contribution in [3.63, 3.8) is 0 Å². The van der Waals surface area contributed by atoms with Crippen LogP contribution in [0.3, 0.4) is 0 Å². The predicted octanol–water partition coefficient (Wildman–Crippen LogP) is 4.07. The molecule has 0 saturated carbocycles. The van der Waals surface area contributed by atoms with E-state index < -0.39 is 11.7 Å². The van der Waals surface area contributed by atoms with Gasteiger partial charge in [0, 0.05) is 18.2 Å². The molecular weight excluding hydrogens is 251 g/mol. The molecule has 0 aromatic heterocycles. The van der Waals surface area contributed by atoms with E-state index in [1.807, 2.05) is 0 Å². The molecule has 0 amide bonds. The fraction of sp³-hybridized carbons (Fsp3) is 0.467. The number of anilines is 1. The number of hydrogen-bond acceptors (Lipinski definition) is 1. The van der Waals surface area contributed by atoms with Gasteiger partial charge in [-0.1, -0.05) is 5.92 Å². The first-order valence-electron chi connectivity index (χ1n) is 6.38. The summed E-state index contributed by atoms with van der Waals surface area (Å²) in [6.45, 7) is 2.93. The van der Waals surface area contributed by atoms with Gasteiger partial charge in [0.2, 0.25) is 0 Å². The molecule has 4 heteroatoms. The largest absolute Gasteiger partial charge is 0.416 e. The van der Waals surface area contributed by atoms with Gasteiger partial charge in [0.25, 0.3) is 0 Å². The topological polar surface area (TPSA) is 3.24 Å². The summed E-state index contributed by atoms with van der Waals surface area (Å²) >= 11 is 0. The fourth-order valence-electron chi connectivity index (χ4n) is 2.53. The standard InChI is InChI=1S/C15H16F3N/c1-3-12-10-13(15(16,17)18)7-8-14(12)19-9-5-4-6-11(19)2/h1,7-8,10-11H,4-6,9H2,2H3. The van der Waals surface area contributed by atoms with Crippen LogP contribution in [0.1, 0.15) is 37.3 Å². The van der Waals surface area contributed by atoms with Crippen molar-refractivity contribution in [1.82, 2.24) is 0 Å². The number of terminal acetylenes is 1. The average molecular weight is 267 g/mol. The molecule has 0 radical (unpaired) electrons. The van der Waals surface area contributed by atoms with Gasteiger partial charge in [-0.25, -0.2) is 0 Å². The minimum atomic E-state index is -4.35. The van der Waals surface area contributed by atoms with Crippen LogP contribution in [-0.4, -0.2) is 12.6 Å². The van der Waals surface area contributed by atoms with Crippen LogP contribution in [0.5, 0.6) is 0 Å². The van der Waals surface area contributed by atoms with E-state index in [-0.39, 0.29) is 0 Å². The molecule has 1 fully saturated rings. The average Bonchev–Trinajstić information content (AvgIpc) is 2.37. The number of alkyl halides is 3. The Bertz CT molecular complexity index is 499. The maximum absolute atomic E-state index is 12.7. The lowest BCUT2D eigenvalue weighted by atomic mass is 10.00. The minimum absolute atomic E-state index is 0.317. The summed E-state index contributed by atoms with van der Waals surface area (Å²) < 4.78 is 38.0. The monoisotopic (exact) mass is 267 g/mol. The fourth-order valence-corrected chi connectivity index (χ4v) is 2.53. The molecule has 1 aliphatic heterocycles. The number of benzene rings is 1. The number of hydrogen-bond donors (Lipinski definition) is 0. The second-order valence-corrected chi connectivity index (χ2v) is 4.91. The highest BCUT2D eigenvalue weighted by molar-refractivity contribution is 5.62. The van der Waals surface area contributed by atoms with Crippen molar-refractivity contribution in [2.24, 2.45) is 0 Å². The Balaban J connectivity index is 2.39. The van der Waals surface area contributed by atoms with E-state index >= 15 is 0 Å². The van der Waals surface area contributed by atoms with E-state index in [2.05, 4.69) is 17.7 Å². The third kappa shape index (κ3) is 2.86. The summed E-state index contributed by atoms with van der Waals surface area (Å²) in [4.78, 5) is 2.11. The van der Waals surface area contributed by atoms with E-state index in [0.29, 0.717) is 11.6 Å². The molecule has 1 unspecified atom stereocenters. The van der Waals surface area contributed by atoms with Gasteiger partial charge in [-0.15, -0.1) is 6.42 Å². The van der Waals surface area contributed by atoms with E-state index in [9.17, 15) is 13.2 Å². The summed E-state index contributed by atoms with van der Waals surface area (Å²) in [7, 11) is 0. The molecule has 0 N–H and O–H groups in total. The molecule has 2 rings (SSSR count). The zero-order chi connectivity index (χ0) is 14.0. The second-order valence-electron chi connectivity index (χ2n) is 4.91. The molecule has 1 aliphatic rings. The Morgan fingerprint density at radius 3 is 2.63 bits per heavy atom. The molecule has 1 heterocycles. The van der Waals surface area contributed by atoms with Crippen molar-refractivity contribution in [3.05, 3.63) is 29.3 Å². The predicted molar refractivity (Wildman–Crippen MR) is 70.0 cm³/mol. The van der Waals surface area contributed by atoms with Crippen LogP contribution < -0.4 is 4.90 Å². The van der Waals surface area contributed by atoms with Crippen molar-refractivity contribution in [2.45, 2.75) is 38.4 Å². The maximum Gasteiger partial charge on any atom is 0.416 e. The normalized spacial score (nSPS) is 20.2. The Labute approximate surface area is 111 Å². The molecule has 102 valence electrons. The lowest BCUT2D eigenvalue weighted by molar-refractivity contribution is -0.137. The van der Waals surface area contributed by atoms with E-state index in [0.717, 1.165) is 43.6 Å². The quantitative estimate of drug-likeness (QED) is 0.693. The van der Waals surface area contributed by atoms with Crippen LogP contribution in [0.2, 0.25) is 0 Å². The Kier molecular flexibility index (Phi) is 3.75. The zero-order valence-electron chi connectivity index (χ0n) is 10.8. The Morgan fingerprint density at radius 2 is 2.05 bits per heavy atom. The lowest BCUT2D eigenvalue weighted by Crippen LogP contribution is -2.37. The third-order valence-electron chi connectivity index (χ3n) is 3.59. The second kappa shape index (κ2) is 5.16. The lowest BCUT2D eigenvalue weighted by Gasteiger charge is -2.36. The first kappa shape index (κ1) is 13.8. The van der Waals surface area contributed by atoms with Crippen molar-refractivity contribution >= 4 is 5.69 Å². The van der Waals surface area contributed by atoms with Crippen LogP contribution in [0, 0.1) is 12.3 Å². The molecular formula is C15H16F3N. The van der Waals surface area contributed by atoms with Gasteiger partial charge in [0.05, 0.1) is 11.3 Å². The molecule has 19 heavy (non-hydrogen) atoms. The minimum Gasteiger partial charge on any atom is -0.368 e. The van der Waals surface area contributed by atoms with Gasteiger partial charge in [-0.05, 0) is 44.4 Å². The van der Waals surface area contributed by atoms with Gasteiger partial charge in [0.1, 0.15) is 0 Å². The van der Waals surface area contributed by atoms with Crippen molar-refractivity contribution < 1.29 is 13.2 Å². The number of piperidine rings is 1. The highest BCUT2D eigenvalue weighted by Gasteiger charge is 2.31. The molecule has 1 atom stereocenters. The summed E-state index contributed by atoms with van der Waals surface area (Å²) in [6, 6.07) is 3.99. The van der Waals surface area contributed by atoms with E-state index in [4.69, 9.17) is 6.42 Å². The van der Waals surface area contributed by atoms with Crippen LogP contribution in [0.4, 0.5) is 18.9 Å². The third-order valence-corrected chi connectivity index (χ3v) is 3.59. The molecule has 1 aromatic rings. The molecule has 1 aromatic carbocycles. The summed E-state index contributed by atoms with van der Waals surface area (Å²) in [5.41, 5.74) is 0.375. The zero-order valence-corrected chi connectivity index (χ0v) is 10.8. The van der Waals surface area contributed by atoms with Crippen LogP contribution in [0.15, 0.2) is 18.2 Å². The van der Waals surface area contributed by atoms with E-state index in [1.54, 1.807) is 0 Å². The van der Waals surface area contributed by atoms with Gasteiger partial charge < -0.3 is 4.90 Å². The molecule has 0 aliphatic carbocycles. The smallest absolute Gasteiger partial charge is 0.368 e. The first-order chi connectivity index (χ1) is 8.93. The highest BCUT2D eigenvalue weighted by atomic mass is 19.4. The molecule has 0 spiro atoms. The highest BCUT2D eigenvalue weighted by Crippen LogP contribution is 2.34. The van der Waals surface area contributed by atoms with Crippen molar-refractivity contribution in [1.29, 1.82) is 0 Å². The summed E-state index contributed by atoms with van der Waals surface area (Å²) in [5.74, 6) is 2.38. The van der Waals surface area contributed by atoms with Crippen molar-refractivity contribution in [3.8, 4) is 12.3 Å². The van der Waals surface area contributed by atoms with Gasteiger partial charge >= 0.3 is 6.18 Å². The molecule has 1 nitrogen and oxygen atoms in total. The number of nitrogens with zero attached hydrogens (tertiary/aromatic N) is 1. The maximum atomic E-state index is 12.7. The van der Waals surface area contributed by atoms with Gasteiger partial charge in [-0.3, -0.25) is 0 Å². The summed E-state index contributed by atoms with van der Waals surface area (Å²) in [5, 5.41) is 0. The number of halogens is 3. The van der Waals surface area contributed by atoms with Crippen LogP contribution in [-0.2, 0) is 6.18 Å². The van der Waals surface area contributed by atoms with Crippen LogP contribution in [0.25, 0.3) is 0 Å². The van der Waals surface area contributed by atoms with Crippen LogP contribution >= 0.6 is 0 Å². The van der Waals surface area contributed by atoms with Crippen molar-refractivity contribution in [2.75, 3.05) is 11.4 Å². The van der Waals surface area contributed by atoms with E-state index in [1.165, 1.54) is 6.07 Å². The number of rotatable bonds is 1. The Morgan fingerprint density at radius 1 is 1.32 bits per heavy atom. The van der Waals surface area contributed by atoms with Gasteiger partial charge in [0.15, 0.2) is 0 Å². The van der Waals surface area contributed by atoms with Gasteiger partial charge in [-0.2, -0.15) is 13.2 Å². The molecule has 1 saturated heterocycles. The SMILES string of the molecule is C#Cc1cc(C(F)(F)F)ccc1N1CCCCC1C. The summed E-state index contributed by atoms with van der Waals surface area (Å²) in [6.07, 6.45) is 4.28. The Hall–Kier alpha value is -1.63. The molecule has 0 bridgehead atoms. The first-order valence-corrected chi connectivity index (χ1v) is 6.38.